The number of hydrogen-bond donors (Lipinski definition) is 13. The number of rotatable bonds is 11. The van der Waals surface area contributed by atoms with Crippen LogP contribution >= 0.6 is 0 Å². The van der Waals surface area contributed by atoms with Gasteiger partial charge < -0.3 is 94.8 Å². The average molecular weight is 763 g/mol. The SMILES string of the molecule is Cc1cc(CO)ccc1OC1OC(CO)C(O)C(O)C1O.Cc1cc(CO)ccc1OC1OC(CO)C(OC2OC(CO)C(O)C(O)C2O)C(O)C1O. The third-order valence-corrected chi connectivity index (χ3v) is 9.14. The van der Waals surface area contributed by atoms with Crippen LogP contribution in [0.1, 0.15) is 22.3 Å². The van der Waals surface area contributed by atoms with Gasteiger partial charge in [-0.2, -0.15) is 0 Å². The van der Waals surface area contributed by atoms with Gasteiger partial charge in [0, 0.05) is 0 Å². The summed E-state index contributed by atoms with van der Waals surface area (Å²) in [7, 11) is 0. The fraction of sp³-hybridized carbons (Fsp3) is 0.647. The smallest absolute Gasteiger partial charge is 0.229 e. The maximum absolute atomic E-state index is 10.6. The van der Waals surface area contributed by atoms with Gasteiger partial charge in [-0.15, -0.1) is 0 Å². The second-order valence-electron chi connectivity index (χ2n) is 13.0. The molecule has 300 valence electrons. The summed E-state index contributed by atoms with van der Waals surface area (Å²) in [6, 6.07) is 9.85. The van der Waals surface area contributed by atoms with Gasteiger partial charge in [-0.25, -0.2) is 0 Å². The highest BCUT2D eigenvalue weighted by molar-refractivity contribution is 5.37. The molecular formula is C34H50O19. The van der Waals surface area contributed by atoms with Crippen LogP contribution in [-0.2, 0) is 32.2 Å². The van der Waals surface area contributed by atoms with E-state index in [0.717, 1.165) is 5.56 Å². The van der Waals surface area contributed by atoms with Gasteiger partial charge in [0.2, 0.25) is 12.6 Å². The van der Waals surface area contributed by atoms with Crippen molar-refractivity contribution in [3.8, 4) is 11.5 Å². The van der Waals surface area contributed by atoms with Crippen molar-refractivity contribution in [3.63, 3.8) is 0 Å². The van der Waals surface area contributed by atoms with Crippen LogP contribution < -0.4 is 9.47 Å². The second kappa shape index (κ2) is 19.3. The zero-order valence-electron chi connectivity index (χ0n) is 28.9. The molecule has 53 heavy (non-hydrogen) atoms. The molecule has 13 N–H and O–H groups in total. The molecule has 0 radical (unpaired) electrons. The van der Waals surface area contributed by atoms with Gasteiger partial charge in [0.15, 0.2) is 6.29 Å². The fourth-order valence-electron chi connectivity index (χ4n) is 5.95. The lowest BCUT2D eigenvalue weighted by atomic mass is 9.97. The normalized spacial score (nSPS) is 37.4. The summed E-state index contributed by atoms with van der Waals surface area (Å²) in [5.41, 5.74) is 2.73. The van der Waals surface area contributed by atoms with E-state index in [1.54, 1.807) is 50.2 Å². The average Bonchev–Trinajstić information content (AvgIpc) is 3.16. The first-order valence-corrected chi connectivity index (χ1v) is 16.8. The van der Waals surface area contributed by atoms with Crippen LogP contribution in [0.3, 0.4) is 0 Å². The minimum Gasteiger partial charge on any atom is -0.462 e. The lowest BCUT2D eigenvalue weighted by Crippen LogP contribution is -2.65. The van der Waals surface area contributed by atoms with E-state index >= 15 is 0 Å². The Bertz CT molecular complexity index is 1430. The first-order valence-electron chi connectivity index (χ1n) is 16.8. The zero-order valence-corrected chi connectivity index (χ0v) is 28.9. The van der Waals surface area contributed by atoms with E-state index in [-0.39, 0.29) is 13.2 Å². The summed E-state index contributed by atoms with van der Waals surface area (Å²) in [5.74, 6) is 0.736. The molecule has 3 aliphatic heterocycles. The fourth-order valence-corrected chi connectivity index (χ4v) is 5.95. The van der Waals surface area contributed by atoms with Crippen molar-refractivity contribution in [2.45, 2.75) is 119 Å². The van der Waals surface area contributed by atoms with Crippen molar-refractivity contribution in [2.75, 3.05) is 19.8 Å². The molecule has 2 aromatic carbocycles. The van der Waals surface area contributed by atoms with E-state index in [1.165, 1.54) is 0 Å². The minimum atomic E-state index is -1.74. The Labute approximate surface area is 304 Å². The predicted molar refractivity (Wildman–Crippen MR) is 176 cm³/mol. The quantitative estimate of drug-likeness (QED) is 0.102. The second-order valence-corrected chi connectivity index (χ2v) is 13.0. The van der Waals surface area contributed by atoms with Gasteiger partial charge in [0.25, 0.3) is 0 Å². The predicted octanol–water partition coefficient (Wildman–Crippen LogP) is -4.84. The molecule has 2 aromatic rings. The number of aliphatic hydroxyl groups excluding tert-OH is 13. The molecule has 3 saturated heterocycles. The highest BCUT2D eigenvalue weighted by Crippen LogP contribution is 2.32. The van der Waals surface area contributed by atoms with Gasteiger partial charge in [-0.05, 0) is 48.2 Å². The van der Waals surface area contributed by atoms with Crippen molar-refractivity contribution in [1.29, 1.82) is 0 Å². The third kappa shape index (κ3) is 9.97. The van der Waals surface area contributed by atoms with Crippen LogP contribution in [0, 0.1) is 13.8 Å². The van der Waals surface area contributed by atoms with Crippen LogP contribution in [0.5, 0.6) is 11.5 Å². The molecule has 3 fully saturated rings. The van der Waals surface area contributed by atoms with E-state index in [1.807, 2.05) is 0 Å². The molecule has 15 unspecified atom stereocenters. The highest BCUT2D eigenvalue weighted by atomic mass is 16.7. The summed E-state index contributed by atoms with van der Waals surface area (Å²) in [5, 5.41) is 127. The van der Waals surface area contributed by atoms with Crippen LogP contribution in [0.4, 0.5) is 0 Å². The van der Waals surface area contributed by atoms with Crippen LogP contribution in [0.2, 0.25) is 0 Å². The van der Waals surface area contributed by atoms with Crippen molar-refractivity contribution >= 4 is 0 Å². The van der Waals surface area contributed by atoms with E-state index in [9.17, 15) is 56.2 Å². The molecule has 15 atom stereocenters. The molecule has 3 aliphatic rings. The molecule has 19 heteroatoms. The van der Waals surface area contributed by atoms with E-state index in [0.29, 0.717) is 28.2 Å². The number of hydrogen-bond acceptors (Lipinski definition) is 19. The van der Waals surface area contributed by atoms with Crippen molar-refractivity contribution in [2.24, 2.45) is 0 Å². The van der Waals surface area contributed by atoms with Crippen LogP contribution in [0.25, 0.3) is 0 Å². The molecule has 5 rings (SSSR count). The first kappa shape index (κ1) is 43.1. The van der Waals surface area contributed by atoms with Gasteiger partial charge in [-0.3, -0.25) is 0 Å². The number of ether oxygens (including phenoxy) is 6. The molecule has 0 spiro atoms. The zero-order chi connectivity index (χ0) is 39.1. The summed E-state index contributed by atoms with van der Waals surface area (Å²) in [4.78, 5) is 0. The Balaban J connectivity index is 0.000000258. The Hall–Kier alpha value is -2.64. The maximum atomic E-state index is 10.6. The summed E-state index contributed by atoms with van der Waals surface area (Å²) in [6.07, 6.45) is -21.7. The van der Waals surface area contributed by atoms with Crippen LogP contribution in [0.15, 0.2) is 36.4 Å². The van der Waals surface area contributed by atoms with E-state index in [2.05, 4.69) is 0 Å². The monoisotopic (exact) mass is 762 g/mol. The van der Waals surface area contributed by atoms with Gasteiger partial charge in [0.1, 0.15) is 84.7 Å². The maximum Gasteiger partial charge on any atom is 0.229 e. The first-order chi connectivity index (χ1) is 25.2. The van der Waals surface area contributed by atoms with Gasteiger partial charge in [0.05, 0.1) is 33.0 Å². The standard InChI is InChI=1S/C20H30O12.C14H20O7/c1-8-4-9(5-21)2-3-10(8)29-19-17(28)15(26)18(12(7-23)31-19)32-20-16(27)14(25)13(24)11(6-22)30-20;1-7-4-8(5-15)2-3-9(7)20-14-13(19)12(18)11(17)10(6-16)21-14/h2-4,11-28H,5-7H2,1H3;2-4,10-19H,5-6H2,1H3. The lowest BCUT2D eigenvalue weighted by Gasteiger charge is -2.45. The Morgan fingerprint density at radius 1 is 0.472 bits per heavy atom. The molecular weight excluding hydrogens is 712 g/mol. The molecule has 0 amide bonds. The summed E-state index contributed by atoms with van der Waals surface area (Å²) >= 11 is 0. The number of aryl methyl sites for hydroxylation is 2. The molecule has 19 nitrogen and oxygen atoms in total. The molecule has 0 saturated carbocycles. The van der Waals surface area contributed by atoms with Crippen LogP contribution in [-0.4, -0.2) is 178 Å². The van der Waals surface area contributed by atoms with Crippen molar-refractivity contribution in [1.82, 2.24) is 0 Å². The third-order valence-electron chi connectivity index (χ3n) is 9.14. The molecule has 0 aromatic heterocycles. The highest BCUT2D eigenvalue weighted by Gasteiger charge is 2.51. The largest absolute Gasteiger partial charge is 0.462 e. The Morgan fingerprint density at radius 2 is 0.849 bits per heavy atom. The van der Waals surface area contributed by atoms with Gasteiger partial charge in [-0.1, -0.05) is 24.3 Å². The van der Waals surface area contributed by atoms with E-state index in [4.69, 9.17) is 38.6 Å². The summed E-state index contributed by atoms with van der Waals surface area (Å²) in [6.45, 7) is 1.38. The Kier molecular flexibility index (Phi) is 15.7. The topological polar surface area (TPSA) is 318 Å². The van der Waals surface area contributed by atoms with Gasteiger partial charge >= 0.3 is 0 Å². The van der Waals surface area contributed by atoms with E-state index < -0.39 is 112 Å². The number of aliphatic hydroxyl groups is 13. The van der Waals surface area contributed by atoms with Crippen molar-refractivity contribution < 1.29 is 94.8 Å². The number of benzene rings is 2. The lowest BCUT2D eigenvalue weighted by molar-refractivity contribution is -0.352. The molecule has 0 bridgehead atoms. The minimum absolute atomic E-state index is 0.0961. The molecule has 0 aliphatic carbocycles. The Morgan fingerprint density at radius 3 is 1.25 bits per heavy atom. The summed E-state index contributed by atoms with van der Waals surface area (Å²) < 4.78 is 32.8. The van der Waals surface area contributed by atoms with Crippen molar-refractivity contribution in [3.05, 3.63) is 58.7 Å². The molecule has 3 heterocycles.